The molecule has 4 aliphatic rings. The van der Waals surface area contributed by atoms with Gasteiger partial charge in [0.2, 0.25) is 0 Å². The van der Waals surface area contributed by atoms with Gasteiger partial charge in [0, 0.05) is 30.6 Å². The minimum Gasteiger partial charge on any atom is -0.453 e. The number of fused-ring (bicyclic) bond motifs is 3. The van der Waals surface area contributed by atoms with Gasteiger partial charge in [-0.15, -0.1) is 0 Å². The Balaban J connectivity index is 1.30. The Hall–Kier alpha value is -2.35. The van der Waals surface area contributed by atoms with E-state index in [-0.39, 0.29) is 29.5 Å². The van der Waals surface area contributed by atoms with E-state index in [1.165, 1.54) is 26.7 Å². The third-order valence-electron chi connectivity index (χ3n) is 8.36. The fourth-order valence-corrected chi connectivity index (χ4v) is 6.76. The first-order chi connectivity index (χ1) is 15.5. The molecule has 174 valence electrons. The third kappa shape index (κ3) is 3.43. The zero-order valence-corrected chi connectivity index (χ0v) is 18.9. The topological polar surface area (TPSA) is 62.3 Å². The first-order valence-corrected chi connectivity index (χ1v) is 11.7. The van der Waals surface area contributed by atoms with Crippen molar-refractivity contribution in [2.24, 2.45) is 5.92 Å². The van der Waals surface area contributed by atoms with Crippen molar-refractivity contribution in [1.82, 2.24) is 9.80 Å². The van der Waals surface area contributed by atoms with Gasteiger partial charge in [-0.1, -0.05) is 0 Å². The Labute approximate surface area is 188 Å². The quantitative estimate of drug-likeness (QED) is 0.659. The first-order valence-electron chi connectivity index (χ1n) is 11.7. The molecule has 1 aromatic carbocycles. The summed E-state index contributed by atoms with van der Waals surface area (Å²) < 4.78 is 24.2. The largest absolute Gasteiger partial charge is 0.453 e. The molecule has 3 heterocycles. The van der Waals surface area contributed by atoms with Crippen LogP contribution in [0.4, 0.5) is 19.7 Å². The highest BCUT2D eigenvalue weighted by Crippen LogP contribution is 2.49. The number of methoxy groups -OCH3 is 2. The molecule has 3 unspecified atom stereocenters. The van der Waals surface area contributed by atoms with Gasteiger partial charge in [0.1, 0.15) is 5.82 Å². The number of ether oxygens (including phenoxy) is 2. The van der Waals surface area contributed by atoms with Crippen LogP contribution in [0.1, 0.15) is 44.1 Å². The number of hydrogen-bond donors (Lipinski definition) is 0. The van der Waals surface area contributed by atoms with Gasteiger partial charge < -0.3 is 19.3 Å². The second-order valence-corrected chi connectivity index (χ2v) is 9.79. The van der Waals surface area contributed by atoms with Gasteiger partial charge in [0.15, 0.2) is 0 Å². The number of anilines is 1. The van der Waals surface area contributed by atoms with Crippen LogP contribution in [-0.4, -0.2) is 74.5 Å². The molecular weight excluding hydrogens is 413 g/mol. The number of likely N-dealkylation sites (tertiary alicyclic amines) is 2. The number of benzene rings is 1. The highest BCUT2D eigenvalue weighted by atomic mass is 19.1. The van der Waals surface area contributed by atoms with E-state index in [4.69, 9.17) is 9.47 Å². The minimum atomic E-state index is -0.389. The average Bonchev–Trinajstić information content (AvgIpc) is 3.38. The van der Waals surface area contributed by atoms with Gasteiger partial charge >= 0.3 is 12.2 Å². The predicted molar refractivity (Wildman–Crippen MR) is 117 cm³/mol. The number of carbonyl (C=O) groups is 2. The van der Waals surface area contributed by atoms with E-state index >= 15 is 0 Å². The fraction of sp³-hybridized carbons (Fsp3) is 0.667. The lowest BCUT2D eigenvalue weighted by Crippen LogP contribution is -2.49. The summed E-state index contributed by atoms with van der Waals surface area (Å²) in [7, 11) is 2.85. The Bertz CT molecular complexity index is 901. The highest BCUT2D eigenvalue weighted by Gasteiger charge is 2.49. The van der Waals surface area contributed by atoms with Crippen LogP contribution in [-0.2, 0) is 14.9 Å². The standard InChI is InChI=1S/C24H32FN3O4/c1-31-22(29)27-9-3-4-16-12-18(14-21(16)27)26-10-7-24(8-11-26)15-28(23(30)32-2)20-6-5-17(25)13-19(20)24/h5-6,13,16,18,21H,3-4,7-12,14-15H2,1-2H3. The molecule has 0 N–H and O–H groups in total. The smallest absolute Gasteiger partial charge is 0.414 e. The molecule has 32 heavy (non-hydrogen) atoms. The molecule has 0 bridgehead atoms. The third-order valence-corrected chi connectivity index (χ3v) is 8.36. The van der Waals surface area contributed by atoms with Crippen LogP contribution in [0.3, 0.4) is 0 Å². The maximum absolute atomic E-state index is 14.1. The Morgan fingerprint density at radius 2 is 1.81 bits per heavy atom. The van der Waals surface area contributed by atoms with Crippen molar-refractivity contribution < 1.29 is 23.5 Å². The summed E-state index contributed by atoms with van der Waals surface area (Å²) in [5, 5.41) is 0. The normalized spacial score (nSPS) is 29.0. The molecule has 2 amide bonds. The molecular formula is C24H32FN3O4. The number of nitrogens with zero attached hydrogens (tertiary/aromatic N) is 3. The van der Waals surface area contributed by atoms with E-state index in [9.17, 15) is 14.0 Å². The maximum Gasteiger partial charge on any atom is 0.414 e. The second-order valence-electron chi connectivity index (χ2n) is 9.79. The van der Waals surface area contributed by atoms with Gasteiger partial charge in [0.25, 0.3) is 0 Å². The SMILES string of the molecule is COC(=O)N1CC2(CCN(C3CC4CCCN(C(=O)OC)C4C3)CC2)c2cc(F)ccc21. The summed E-state index contributed by atoms with van der Waals surface area (Å²) in [6.07, 6.45) is 5.49. The van der Waals surface area contributed by atoms with Crippen LogP contribution in [0.2, 0.25) is 0 Å². The van der Waals surface area contributed by atoms with Crippen molar-refractivity contribution in [2.45, 2.75) is 56.0 Å². The zero-order chi connectivity index (χ0) is 22.5. The van der Waals surface area contributed by atoms with E-state index in [2.05, 4.69) is 4.90 Å². The van der Waals surface area contributed by atoms with E-state index in [0.29, 0.717) is 18.5 Å². The molecule has 3 aliphatic heterocycles. The molecule has 5 rings (SSSR count). The van der Waals surface area contributed by atoms with Crippen LogP contribution in [0.15, 0.2) is 18.2 Å². The molecule has 8 heteroatoms. The second kappa shape index (κ2) is 8.21. The summed E-state index contributed by atoms with van der Waals surface area (Å²) in [6.45, 7) is 3.15. The molecule has 0 aromatic heterocycles. The maximum atomic E-state index is 14.1. The van der Waals surface area contributed by atoms with Gasteiger partial charge in [-0.25, -0.2) is 14.0 Å². The zero-order valence-electron chi connectivity index (χ0n) is 18.9. The fourth-order valence-electron chi connectivity index (χ4n) is 6.76. The lowest BCUT2D eigenvalue weighted by molar-refractivity contribution is 0.0740. The van der Waals surface area contributed by atoms with Gasteiger partial charge in [-0.3, -0.25) is 4.90 Å². The molecule has 1 saturated carbocycles. The van der Waals surface area contributed by atoms with Crippen molar-refractivity contribution >= 4 is 17.9 Å². The van der Waals surface area contributed by atoms with E-state index in [0.717, 1.165) is 63.0 Å². The lowest BCUT2D eigenvalue weighted by atomic mass is 9.74. The molecule has 1 aliphatic carbocycles. The van der Waals surface area contributed by atoms with Crippen molar-refractivity contribution in [1.29, 1.82) is 0 Å². The van der Waals surface area contributed by atoms with Crippen molar-refractivity contribution in [2.75, 3.05) is 45.3 Å². The van der Waals surface area contributed by atoms with Crippen LogP contribution in [0.5, 0.6) is 0 Å². The molecule has 7 nitrogen and oxygen atoms in total. The predicted octanol–water partition coefficient (Wildman–Crippen LogP) is 3.76. The summed E-state index contributed by atoms with van der Waals surface area (Å²) in [5.41, 5.74) is 1.47. The minimum absolute atomic E-state index is 0.203. The van der Waals surface area contributed by atoms with Crippen LogP contribution < -0.4 is 4.90 Å². The van der Waals surface area contributed by atoms with Crippen LogP contribution in [0.25, 0.3) is 0 Å². The van der Waals surface area contributed by atoms with Gasteiger partial charge in [-0.2, -0.15) is 0 Å². The number of carbonyl (C=O) groups excluding carboxylic acids is 2. The number of amides is 2. The Morgan fingerprint density at radius 1 is 1.06 bits per heavy atom. The van der Waals surface area contributed by atoms with Crippen molar-refractivity contribution in [3.63, 3.8) is 0 Å². The monoisotopic (exact) mass is 445 g/mol. The average molecular weight is 446 g/mol. The molecule has 1 spiro atoms. The Morgan fingerprint density at radius 3 is 2.53 bits per heavy atom. The summed E-state index contributed by atoms with van der Waals surface area (Å²) in [6, 6.07) is 5.44. The van der Waals surface area contributed by atoms with E-state index in [1.54, 1.807) is 17.0 Å². The number of rotatable bonds is 1. The number of piperidine rings is 2. The Kier molecular flexibility index (Phi) is 5.51. The van der Waals surface area contributed by atoms with Gasteiger partial charge in [0.05, 0.1) is 19.9 Å². The number of hydrogen-bond acceptors (Lipinski definition) is 5. The van der Waals surface area contributed by atoms with E-state index < -0.39 is 0 Å². The summed E-state index contributed by atoms with van der Waals surface area (Å²) in [4.78, 5) is 30.8. The summed E-state index contributed by atoms with van der Waals surface area (Å²) in [5.74, 6) is 0.278. The first kappa shape index (κ1) is 21.5. The molecule has 3 atom stereocenters. The summed E-state index contributed by atoms with van der Waals surface area (Å²) >= 11 is 0. The lowest BCUT2D eigenvalue weighted by Gasteiger charge is -2.42. The van der Waals surface area contributed by atoms with Crippen molar-refractivity contribution in [3.05, 3.63) is 29.6 Å². The van der Waals surface area contributed by atoms with E-state index in [1.807, 2.05) is 4.90 Å². The molecule has 0 radical (unpaired) electrons. The molecule has 3 fully saturated rings. The molecule has 1 aromatic rings. The van der Waals surface area contributed by atoms with Crippen molar-refractivity contribution in [3.8, 4) is 0 Å². The van der Waals surface area contributed by atoms with Crippen LogP contribution in [0, 0.1) is 11.7 Å². The molecule has 2 saturated heterocycles. The highest BCUT2D eigenvalue weighted by molar-refractivity contribution is 5.91. The number of halogens is 1. The van der Waals surface area contributed by atoms with Crippen LogP contribution >= 0.6 is 0 Å². The van der Waals surface area contributed by atoms with Gasteiger partial charge in [-0.05, 0) is 81.3 Å².